The molecular formula is C22H24N6O2S2. The molecule has 3 heterocycles. The molecule has 10 heteroatoms. The van der Waals surface area contributed by atoms with Gasteiger partial charge in [-0.25, -0.2) is 4.68 Å². The zero-order valence-electron chi connectivity index (χ0n) is 18.2. The van der Waals surface area contributed by atoms with Crippen LogP contribution in [0.25, 0.3) is 16.4 Å². The number of methoxy groups -OCH3 is 1. The van der Waals surface area contributed by atoms with Crippen LogP contribution >= 0.6 is 23.1 Å². The second-order valence-corrected chi connectivity index (χ2v) is 9.55. The largest absolute Gasteiger partial charge is 0.495 e. The molecule has 8 nitrogen and oxygen atoms in total. The Kier molecular flexibility index (Phi) is 6.61. The molecule has 1 N–H and O–H groups in total. The van der Waals surface area contributed by atoms with Gasteiger partial charge in [-0.15, -0.1) is 21.5 Å². The molecular weight excluding hydrogens is 444 g/mol. The van der Waals surface area contributed by atoms with Gasteiger partial charge in [0.15, 0.2) is 11.0 Å². The van der Waals surface area contributed by atoms with Crippen molar-refractivity contribution in [3.05, 3.63) is 54.0 Å². The van der Waals surface area contributed by atoms with Crippen LogP contribution in [-0.4, -0.2) is 42.8 Å². The fraction of sp³-hybridized carbons (Fsp3) is 0.273. The van der Waals surface area contributed by atoms with E-state index in [1.807, 2.05) is 67.1 Å². The van der Waals surface area contributed by atoms with Gasteiger partial charge in [-0.3, -0.25) is 9.36 Å². The molecule has 166 valence electrons. The molecule has 0 fully saturated rings. The van der Waals surface area contributed by atoms with Gasteiger partial charge in [0.1, 0.15) is 11.6 Å². The summed E-state index contributed by atoms with van der Waals surface area (Å²) in [6.45, 7) is 5.88. The van der Waals surface area contributed by atoms with Crippen LogP contribution in [0.4, 0.5) is 5.82 Å². The highest BCUT2D eigenvalue weighted by molar-refractivity contribution is 8.00. The summed E-state index contributed by atoms with van der Waals surface area (Å²) in [7, 11) is 1.63. The van der Waals surface area contributed by atoms with Crippen molar-refractivity contribution >= 4 is 34.8 Å². The lowest BCUT2D eigenvalue weighted by atomic mass is 10.3. The van der Waals surface area contributed by atoms with Crippen molar-refractivity contribution in [3.63, 3.8) is 0 Å². The molecule has 3 aromatic heterocycles. The molecule has 0 aliphatic carbocycles. The summed E-state index contributed by atoms with van der Waals surface area (Å²) in [4.78, 5) is 13.9. The van der Waals surface area contributed by atoms with Crippen molar-refractivity contribution < 1.29 is 9.53 Å². The number of carbonyl (C=O) groups is 1. The van der Waals surface area contributed by atoms with E-state index < -0.39 is 5.25 Å². The molecule has 0 aliphatic rings. The van der Waals surface area contributed by atoms with Crippen molar-refractivity contribution in [1.82, 2.24) is 24.5 Å². The van der Waals surface area contributed by atoms with Crippen molar-refractivity contribution in [1.29, 1.82) is 0 Å². The van der Waals surface area contributed by atoms with E-state index in [1.165, 1.54) is 11.8 Å². The number of anilines is 1. The van der Waals surface area contributed by atoms with E-state index >= 15 is 0 Å². The highest BCUT2D eigenvalue weighted by Gasteiger charge is 2.24. The molecule has 1 atom stereocenters. The second kappa shape index (κ2) is 9.58. The lowest BCUT2D eigenvalue weighted by Crippen LogP contribution is -2.25. The van der Waals surface area contributed by atoms with E-state index in [4.69, 9.17) is 4.74 Å². The van der Waals surface area contributed by atoms with E-state index in [-0.39, 0.29) is 11.9 Å². The summed E-state index contributed by atoms with van der Waals surface area (Å²) in [5.41, 5.74) is 0.816. The Morgan fingerprint density at radius 2 is 1.94 bits per heavy atom. The fourth-order valence-electron chi connectivity index (χ4n) is 3.21. The molecule has 4 rings (SSSR count). The highest BCUT2D eigenvalue weighted by atomic mass is 32.2. The smallest absolute Gasteiger partial charge is 0.238 e. The number of carbonyl (C=O) groups excluding carboxylic acids is 1. The Balaban J connectivity index is 1.65. The molecule has 0 spiro atoms. The van der Waals surface area contributed by atoms with Crippen molar-refractivity contribution in [2.45, 2.75) is 37.2 Å². The average Bonchev–Trinajstić information content (AvgIpc) is 3.54. The van der Waals surface area contributed by atoms with Crippen LogP contribution in [0.3, 0.4) is 0 Å². The first kappa shape index (κ1) is 22.1. The van der Waals surface area contributed by atoms with E-state index in [2.05, 4.69) is 20.6 Å². The number of amides is 1. The van der Waals surface area contributed by atoms with Gasteiger partial charge >= 0.3 is 0 Å². The molecule has 1 aromatic carbocycles. The fourth-order valence-corrected chi connectivity index (χ4v) is 4.77. The molecule has 1 amide bonds. The number of aromatic nitrogens is 5. The van der Waals surface area contributed by atoms with Crippen LogP contribution in [-0.2, 0) is 4.79 Å². The number of nitrogens with zero attached hydrogens (tertiary/aromatic N) is 5. The molecule has 0 radical (unpaired) electrons. The Hall–Kier alpha value is -3.11. The summed E-state index contributed by atoms with van der Waals surface area (Å²) in [6.07, 6.45) is 1.68. The third-order valence-corrected chi connectivity index (χ3v) is 6.67. The first-order valence-electron chi connectivity index (χ1n) is 10.1. The maximum atomic E-state index is 12.9. The highest BCUT2D eigenvalue weighted by Crippen LogP contribution is 2.35. The van der Waals surface area contributed by atoms with Gasteiger partial charge in [-0.2, -0.15) is 5.10 Å². The van der Waals surface area contributed by atoms with Gasteiger partial charge < -0.3 is 10.1 Å². The Bertz CT molecular complexity index is 1200. The minimum absolute atomic E-state index is 0.135. The molecule has 0 saturated heterocycles. The number of hydrogen-bond acceptors (Lipinski definition) is 7. The first-order valence-corrected chi connectivity index (χ1v) is 11.9. The van der Waals surface area contributed by atoms with Crippen molar-refractivity contribution in [3.8, 4) is 22.1 Å². The number of nitrogens with one attached hydrogen (secondary N) is 1. The zero-order valence-corrected chi connectivity index (χ0v) is 19.9. The number of thioether (sulfide) groups is 1. The van der Waals surface area contributed by atoms with Crippen molar-refractivity contribution in [2.24, 2.45) is 0 Å². The van der Waals surface area contributed by atoms with E-state index in [1.54, 1.807) is 35.4 Å². The number of rotatable bonds is 8. The Morgan fingerprint density at radius 3 is 2.66 bits per heavy atom. The van der Waals surface area contributed by atoms with Gasteiger partial charge in [0.25, 0.3) is 0 Å². The lowest BCUT2D eigenvalue weighted by molar-refractivity contribution is -0.115. The monoisotopic (exact) mass is 468 g/mol. The van der Waals surface area contributed by atoms with Gasteiger partial charge in [0, 0.05) is 12.1 Å². The minimum Gasteiger partial charge on any atom is -0.495 e. The van der Waals surface area contributed by atoms with Crippen LogP contribution in [0.2, 0.25) is 0 Å². The first-order chi connectivity index (χ1) is 15.5. The number of thiophene rings is 1. The van der Waals surface area contributed by atoms with Crippen LogP contribution < -0.4 is 10.1 Å². The molecule has 0 unspecified atom stereocenters. The van der Waals surface area contributed by atoms with Gasteiger partial charge in [0.05, 0.1) is 29.1 Å². The summed E-state index contributed by atoms with van der Waals surface area (Å²) in [5, 5.41) is 18.3. The summed E-state index contributed by atoms with van der Waals surface area (Å²) < 4.78 is 9.30. The van der Waals surface area contributed by atoms with Gasteiger partial charge in [-0.05, 0) is 44.4 Å². The van der Waals surface area contributed by atoms with Crippen LogP contribution in [0.5, 0.6) is 5.75 Å². The second-order valence-electron chi connectivity index (χ2n) is 7.29. The Labute approximate surface area is 194 Å². The summed E-state index contributed by atoms with van der Waals surface area (Å²) in [6, 6.07) is 13.6. The minimum atomic E-state index is -0.417. The van der Waals surface area contributed by atoms with Crippen LogP contribution in [0, 0.1) is 0 Å². The molecule has 32 heavy (non-hydrogen) atoms. The predicted molar refractivity (Wildman–Crippen MR) is 128 cm³/mol. The van der Waals surface area contributed by atoms with E-state index in [0.717, 1.165) is 10.6 Å². The molecule has 0 aliphatic heterocycles. The molecule has 0 bridgehead atoms. The third kappa shape index (κ3) is 4.42. The van der Waals surface area contributed by atoms with Gasteiger partial charge in [0.2, 0.25) is 5.91 Å². The van der Waals surface area contributed by atoms with Crippen molar-refractivity contribution in [2.75, 3.05) is 12.4 Å². The summed E-state index contributed by atoms with van der Waals surface area (Å²) >= 11 is 2.92. The number of para-hydroxylation sites is 2. The topological polar surface area (TPSA) is 86.9 Å². The SMILES string of the molecule is COc1ccccc1-n1c(S[C@H](C)C(=O)Nc2ccnn2C(C)C)nnc1-c1cccs1. The predicted octanol–water partition coefficient (Wildman–Crippen LogP) is 4.90. The lowest BCUT2D eigenvalue weighted by Gasteiger charge is -2.16. The summed E-state index contributed by atoms with van der Waals surface area (Å²) in [5.74, 6) is 1.94. The maximum Gasteiger partial charge on any atom is 0.238 e. The van der Waals surface area contributed by atoms with Crippen LogP contribution in [0.1, 0.15) is 26.8 Å². The average molecular weight is 469 g/mol. The third-order valence-electron chi connectivity index (χ3n) is 4.76. The molecule has 0 saturated carbocycles. The van der Waals surface area contributed by atoms with Crippen LogP contribution in [0.15, 0.2) is 59.2 Å². The standard InChI is InChI=1S/C22H24N6O2S2/c1-14(2)28-19(11-12-23-28)24-21(29)15(3)32-22-26-25-20(18-10-7-13-31-18)27(22)16-8-5-6-9-17(16)30-4/h5-15H,1-4H3,(H,24,29)/t15-/m1/s1. The van der Waals surface area contributed by atoms with Gasteiger partial charge in [-0.1, -0.05) is 30.0 Å². The Morgan fingerprint density at radius 1 is 1.12 bits per heavy atom. The molecule has 4 aromatic rings. The quantitative estimate of drug-likeness (QED) is 0.370. The normalized spacial score (nSPS) is 12.2. The number of ether oxygens (including phenoxy) is 1. The number of benzene rings is 1. The van der Waals surface area contributed by atoms with E-state index in [9.17, 15) is 4.79 Å². The van der Waals surface area contributed by atoms with E-state index in [0.29, 0.717) is 22.5 Å². The number of hydrogen-bond donors (Lipinski definition) is 1. The zero-order chi connectivity index (χ0) is 22.7. The maximum absolute atomic E-state index is 12.9.